The summed E-state index contributed by atoms with van der Waals surface area (Å²) in [7, 11) is 2.15. The number of anilines is 1. The van der Waals surface area contributed by atoms with E-state index in [0.29, 0.717) is 0 Å². The molecule has 1 aromatic rings. The summed E-state index contributed by atoms with van der Waals surface area (Å²) < 4.78 is 0. The number of hydrogen-bond donors (Lipinski definition) is 1. The molecule has 0 unspecified atom stereocenters. The van der Waals surface area contributed by atoms with Gasteiger partial charge in [-0.3, -0.25) is 0 Å². The zero-order chi connectivity index (χ0) is 13.1. The van der Waals surface area contributed by atoms with Crippen molar-refractivity contribution in [3.63, 3.8) is 0 Å². The molecule has 0 atom stereocenters. The maximum atomic E-state index is 5.76. The van der Waals surface area contributed by atoms with Crippen molar-refractivity contribution in [3.8, 4) is 0 Å². The topological polar surface area (TPSA) is 29.3 Å². The quantitative estimate of drug-likeness (QED) is 0.848. The normalized spacial score (nSPS) is 11.6. The Hall–Kier alpha value is -1.02. The summed E-state index contributed by atoms with van der Waals surface area (Å²) in [5.41, 5.74) is 9.98. The molecule has 17 heavy (non-hydrogen) atoms. The highest BCUT2D eigenvalue weighted by atomic mass is 15.1. The van der Waals surface area contributed by atoms with Crippen molar-refractivity contribution in [3.05, 3.63) is 29.3 Å². The third-order valence-electron chi connectivity index (χ3n) is 3.61. The molecule has 2 N–H and O–H groups in total. The Kier molecular flexibility index (Phi) is 4.58. The molecule has 0 amide bonds. The average molecular weight is 234 g/mol. The minimum atomic E-state index is 0.230. The number of rotatable bonds is 5. The lowest BCUT2D eigenvalue weighted by molar-refractivity contribution is 0.351. The molecule has 0 aliphatic rings. The van der Waals surface area contributed by atoms with Crippen LogP contribution in [0.1, 0.15) is 31.4 Å². The summed E-state index contributed by atoms with van der Waals surface area (Å²) in [5, 5.41) is 0. The van der Waals surface area contributed by atoms with Crippen LogP contribution in [-0.2, 0) is 0 Å². The average Bonchev–Trinajstić information content (AvgIpc) is 2.30. The Morgan fingerprint density at radius 2 is 1.82 bits per heavy atom. The second kappa shape index (κ2) is 5.54. The van der Waals surface area contributed by atoms with Gasteiger partial charge >= 0.3 is 0 Å². The lowest BCUT2D eigenvalue weighted by Crippen LogP contribution is -2.29. The second-order valence-electron chi connectivity index (χ2n) is 5.81. The third kappa shape index (κ3) is 4.04. The number of nitrogens with two attached hydrogens (primary N) is 1. The molecule has 2 nitrogen and oxygen atoms in total. The zero-order valence-corrected chi connectivity index (χ0v) is 11.9. The molecule has 0 heterocycles. The fourth-order valence-corrected chi connectivity index (χ4v) is 1.66. The van der Waals surface area contributed by atoms with E-state index in [1.165, 1.54) is 16.8 Å². The Morgan fingerprint density at radius 1 is 1.18 bits per heavy atom. The van der Waals surface area contributed by atoms with Crippen molar-refractivity contribution >= 4 is 5.69 Å². The van der Waals surface area contributed by atoms with Gasteiger partial charge in [0, 0.05) is 19.3 Å². The highest BCUT2D eigenvalue weighted by molar-refractivity contribution is 5.49. The van der Waals surface area contributed by atoms with Crippen LogP contribution in [0.2, 0.25) is 0 Å². The van der Waals surface area contributed by atoms with E-state index in [9.17, 15) is 0 Å². The van der Waals surface area contributed by atoms with Crippen LogP contribution in [0.5, 0.6) is 0 Å². The Bertz CT molecular complexity index is 369. The molecule has 1 aromatic carbocycles. The Labute approximate surface area is 106 Å². The molecule has 0 aliphatic carbocycles. The lowest BCUT2D eigenvalue weighted by Gasteiger charge is -2.27. The van der Waals surface area contributed by atoms with Crippen molar-refractivity contribution in [2.24, 2.45) is 11.1 Å². The lowest BCUT2D eigenvalue weighted by atomic mass is 9.89. The van der Waals surface area contributed by atoms with Gasteiger partial charge in [0.15, 0.2) is 0 Å². The highest BCUT2D eigenvalue weighted by Crippen LogP contribution is 2.22. The Balaban J connectivity index is 2.64. The second-order valence-corrected chi connectivity index (χ2v) is 5.81. The van der Waals surface area contributed by atoms with Gasteiger partial charge in [-0.05, 0) is 55.5 Å². The van der Waals surface area contributed by atoms with Crippen LogP contribution in [0.3, 0.4) is 0 Å². The highest BCUT2D eigenvalue weighted by Gasteiger charge is 2.16. The minimum absolute atomic E-state index is 0.230. The fraction of sp³-hybridized carbons (Fsp3) is 0.600. The molecule has 1 rings (SSSR count). The third-order valence-corrected chi connectivity index (χ3v) is 3.61. The van der Waals surface area contributed by atoms with Crippen molar-refractivity contribution in [2.75, 3.05) is 25.0 Å². The first-order valence-corrected chi connectivity index (χ1v) is 6.34. The van der Waals surface area contributed by atoms with Gasteiger partial charge in [-0.1, -0.05) is 19.9 Å². The van der Waals surface area contributed by atoms with E-state index < -0.39 is 0 Å². The number of benzene rings is 1. The smallest absolute Gasteiger partial charge is 0.0366 e. The zero-order valence-electron chi connectivity index (χ0n) is 11.9. The van der Waals surface area contributed by atoms with E-state index in [0.717, 1.165) is 19.5 Å². The molecule has 0 aliphatic heterocycles. The predicted molar refractivity (Wildman–Crippen MR) is 76.6 cm³/mol. The number of aryl methyl sites for hydroxylation is 2. The molecule has 0 radical (unpaired) electrons. The molecular formula is C15H26N2. The molecule has 0 aromatic heterocycles. The summed E-state index contributed by atoms with van der Waals surface area (Å²) >= 11 is 0. The monoisotopic (exact) mass is 234 g/mol. The van der Waals surface area contributed by atoms with Crippen LogP contribution in [0.4, 0.5) is 5.69 Å². The van der Waals surface area contributed by atoms with Crippen molar-refractivity contribution in [1.82, 2.24) is 0 Å². The van der Waals surface area contributed by atoms with E-state index in [4.69, 9.17) is 5.73 Å². The summed E-state index contributed by atoms with van der Waals surface area (Å²) in [6, 6.07) is 6.64. The van der Waals surface area contributed by atoms with Gasteiger partial charge in [0.25, 0.3) is 0 Å². The Morgan fingerprint density at radius 3 is 2.35 bits per heavy atom. The molecular weight excluding hydrogens is 208 g/mol. The molecule has 0 saturated heterocycles. The summed E-state index contributed by atoms with van der Waals surface area (Å²) in [5.74, 6) is 0. The van der Waals surface area contributed by atoms with Gasteiger partial charge in [-0.25, -0.2) is 0 Å². The number of nitrogens with zero attached hydrogens (tertiary/aromatic N) is 1. The molecule has 0 bridgehead atoms. The largest absolute Gasteiger partial charge is 0.375 e. The van der Waals surface area contributed by atoms with Crippen molar-refractivity contribution in [2.45, 2.75) is 34.1 Å². The van der Waals surface area contributed by atoms with E-state index in [1.807, 2.05) is 0 Å². The molecule has 2 heteroatoms. The SMILES string of the molecule is Cc1ccc(N(C)CCC(C)(C)CN)cc1C. The molecule has 0 saturated carbocycles. The van der Waals surface area contributed by atoms with Gasteiger partial charge in [-0.15, -0.1) is 0 Å². The van der Waals surface area contributed by atoms with Crippen LogP contribution in [-0.4, -0.2) is 20.1 Å². The number of hydrogen-bond acceptors (Lipinski definition) is 2. The van der Waals surface area contributed by atoms with E-state index in [2.05, 4.69) is 57.8 Å². The standard InChI is InChI=1S/C15H26N2/c1-12-6-7-14(10-13(12)2)17(5)9-8-15(3,4)11-16/h6-7,10H,8-9,11,16H2,1-5H3. The maximum absolute atomic E-state index is 5.76. The summed E-state index contributed by atoms with van der Waals surface area (Å²) in [6.07, 6.45) is 1.12. The van der Waals surface area contributed by atoms with Crippen LogP contribution in [0, 0.1) is 19.3 Å². The van der Waals surface area contributed by atoms with Gasteiger partial charge in [0.05, 0.1) is 0 Å². The van der Waals surface area contributed by atoms with Crippen molar-refractivity contribution in [1.29, 1.82) is 0 Å². The fourth-order valence-electron chi connectivity index (χ4n) is 1.66. The molecule has 0 fully saturated rings. The molecule has 0 spiro atoms. The van der Waals surface area contributed by atoms with E-state index in [1.54, 1.807) is 0 Å². The van der Waals surface area contributed by atoms with Crippen LogP contribution >= 0.6 is 0 Å². The molecule has 96 valence electrons. The van der Waals surface area contributed by atoms with Crippen LogP contribution in [0.15, 0.2) is 18.2 Å². The first-order valence-electron chi connectivity index (χ1n) is 6.34. The minimum Gasteiger partial charge on any atom is -0.375 e. The van der Waals surface area contributed by atoms with E-state index >= 15 is 0 Å². The first kappa shape index (κ1) is 14.0. The summed E-state index contributed by atoms with van der Waals surface area (Å²) in [4.78, 5) is 2.31. The maximum Gasteiger partial charge on any atom is 0.0366 e. The van der Waals surface area contributed by atoms with Crippen LogP contribution in [0.25, 0.3) is 0 Å². The summed E-state index contributed by atoms with van der Waals surface area (Å²) in [6.45, 7) is 10.6. The first-order chi connectivity index (χ1) is 7.85. The predicted octanol–water partition coefficient (Wildman–Crippen LogP) is 3.11. The van der Waals surface area contributed by atoms with E-state index in [-0.39, 0.29) is 5.41 Å². The van der Waals surface area contributed by atoms with Gasteiger partial charge in [0.2, 0.25) is 0 Å². The van der Waals surface area contributed by atoms with Gasteiger partial charge in [-0.2, -0.15) is 0 Å². The van der Waals surface area contributed by atoms with Crippen LogP contribution < -0.4 is 10.6 Å². The van der Waals surface area contributed by atoms with Gasteiger partial charge < -0.3 is 10.6 Å². The van der Waals surface area contributed by atoms with Gasteiger partial charge in [0.1, 0.15) is 0 Å². The van der Waals surface area contributed by atoms with Crippen molar-refractivity contribution < 1.29 is 0 Å².